The van der Waals surface area contributed by atoms with Gasteiger partial charge < -0.3 is 14.0 Å². The van der Waals surface area contributed by atoms with E-state index in [0.717, 1.165) is 25.3 Å². The maximum atomic E-state index is 11.4. The zero-order valence-corrected chi connectivity index (χ0v) is 13.0. The topological polar surface area (TPSA) is 40.5 Å². The first-order valence-corrected chi connectivity index (χ1v) is 7.61. The summed E-state index contributed by atoms with van der Waals surface area (Å²) in [5.41, 5.74) is 2.40. The maximum Gasteiger partial charge on any atom is 0.330 e. The monoisotopic (exact) mass is 299 g/mol. The highest BCUT2D eigenvalue weighted by Crippen LogP contribution is 2.30. The molecule has 1 aliphatic rings. The van der Waals surface area contributed by atoms with Crippen LogP contribution in [-0.2, 0) is 20.8 Å². The third-order valence-electron chi connectivity index (χ3n) is 3.95. The van der Waals surface area contributed by atoms with Gasteiger partial charge in [-0.15, -0.1) is 0 Å². The van der Waals surface area contributed by atoms with Crippen LogP contribution in [0.15, 0.2) is 36.5 Å². The molecule has 1 aliphatic heterocycles. The molecule has 1 saturated heterocycles. The fourth-order valence-electron chi connectivity index (χ4n) is 2.75. The number of carbonyl (C=O) groups is 1. The number of benzene rings is 1. The van der Waals surface area contributed by atoms with Gasteiger partial charge in [0.2, 0.25) is 0 Å². The number of carbonyl (C=O) groups excluding carboxylic acids is 1. The van der Waals surface area contributed by atoms with E-state index >= 15 is 0 Å². The summed E-state index contributed by atoms with van der Waals surface area (Å²) in [6.07, 6.45) is 5.38. The Kier molecular flexibility index (Phi) is 4.03. The van der Waals surface area contributed by atoms with E-state index in [1.165, 1.54) is 17.0 Å². The molecule has 4 nitrogen and oxygen atoms in total. The summed E-state index contributed by atoms with van der Waals surface area (Å²) in [4.78, 5) is 11.4. The Hall–Kier alpha value is -2.07. The van der Waals surface area contributed by atoms with Crippen LogP contribution in [0.4, 0.5) is 0 Å². The van der Waals surface area contributed by atoms with Gasteiger partial charge in [0.1, 0.15) is 0 Å². The number of hydrogen-bond acceptors (Lipinski definition) is 3. The van der Waals surface area contributed by atoms with Gasteiger partial charge in [0, 0.05) is 29.7 Å². The van der Waals surface area contributed by atoms with Crippen LogP contribution >= 0.6 is 0 Å². The predicted octanol–water partition coefficient (Wildman–Crippen LogP) is 3.25. The molecule has 116 valence electrons. The molecule has 22 heavy (non-hydrogen) atoms. The molecule has 3 rings (SSSR count). The van der Waals surface area contributed by atoms with E-state index in [-0.39, 0.29) is 11.4 Å². The second-order valence-electron chi connectivity index (χ2n) is 6.15. The predicted molar refractivity (Wildman–Crippen MR) is 86.5 cm³/mol. The molecule has 0 N–H and O–H groups in total. The number of rotatable bonds is 5. The summed E-state index contributed by atoms with van der Waals surface area (Å²) in [5, 5.41) is 1.21. The molecule has 0 radical (unpaired) electrons. The zero-order chi connectivity index (χ0) is 15.6. The van der Waals surface area contributed by atoms with Gasteiger partial charge in [0.05, 0.1) is 19.8 Å². The summed E-state index contributed by atoms with van der Waals surface area (Å²) in [6.45, 7) is 7.01. The van der Waals surface area contributed by atoms with Crippen molar-refractivity contribution in [2.45, 2.75) is 20.4 Å². The van der Waals surface area contributed by atoms with E-state index in [9.17, 15) is 4.79 Å². The van der Waals surface area contributed by atoms with Crippen LogP contribution in [0, 0.1) is 5.41 Å². The van der Waals surface area contributed by atoms with Gasteiger partial charge in [-0.1, -0.05) is 19.1 Å². The average Bonchev–Trinajstić information content (AvgIpc) is 2.86. The van der Waals surface area contributed by atoms with Crippen molar-refractivity contribution in [3.63, 3.8) is 0 Å². The lowest BCUT2D eigenvalue weighted by Gasteiger charge is -2.38. The summed E-state index contributed by atoms with van der Waals surface area (Å²) >= 11 is 0. The van der Waals surface area contributed by atoms with Gasteiger partial charge in [0.15, 0.2) is 0 Å². The Balaban J connectivity index is 1.83. The van der Waals surface area contributed by atoms with E-state index in [1.54, 1.807) is 13.0 Å². The van der Waals surface area contributed by atoms with Crippen molar-refractivity contribution in [3.05, 3.63) is 42.1 Å². The fourth-order valence-corrected chi connectivity index (χ4v) is 2.75. The van der Waals surface area contributed by atoms with Crippen LogP contribution in [0.5, 0.6) is 0 Å². The minimum absolute atomic E-state index is 0.225. The second kappa shape index (κ2) is 5.97. The van der Waals surface area contributed by atoms with E-state index < -0.39 is 0 Å². The molecule has 2 heterocycles. The highest BCUT2D eigenvalue weighted by molar-refractivity contribution is 5.89. The van der Waals surface area contributed by atoms with Crippen LogP contribution in [0.2, 0.25) is 0 Å². The van der Waals surface area contributed by atoms with Crippen LogP contribution in [0.1, 0.15) is 19.4 Å². The minimum atomic E-state index is -0.308. The Morgan fingerprint density at radius 3 is 2.91 bits per heavy atom. The van der Waals surface area contributed by atoms with Gasteiger partial charge in [-0.25, -0.2) is 4.79 Å². The normalized spacial score (nSPS) is 16.8. The second-order valence-corrected chi connectivity index (χ2v) is 6.15. The van der Waals surface area contributed by atoms with Crippen molar-refractivity contribution in [3.8, 4) is 0 Å². The lowest BCUT2D eigenvalue weighted by Crippen LogP contribution is -2.42. The summed E-state index contributed by atoms with van der Waals surface area (Å²) < 4.78 is 12.5. The van der Waals surface area contributed by atoms with Crippen molar-refractivity contribution in [1.82, 2.24) is 4.57 Å². The van der Waals surface area contributed by atoms with Crippen molar-refractivity contribution in [2.75, 3.05) is 19.8 Å². The quantitative estimate of drug-likeness (QED) is 0.628. The summed E-state index contributed by atoms with van der Waals surface area (Å²) in [6, 6.07) is 8.32. The Morgan fingerprint density at radius 2 is 2.23 bits per heavy atom. The van der Waals surface area contributed by atoms with Crippen molar-refractivity contribution in [2.24, 2.45) is 5.41 Å². The standard InChI is InChI=1S/C18H21NO3/c1-3-22-17(20)7-5-14-4-6-15-8-9-19(16(15)10-14)11-18(2)12-21-13-18/h4-10H,3,11-13H2,1-2H3/b7-5+. The number of aromatic nitrogens is 1. The van der Waals surface area contributed by atoms with Crippen molar-refractivity contribution in [1.29, 1.82) is 0 Å². The van der Waals surface area contributed by atoms with Gasteiger partial charge in [-0.2, -0.15) is 0 Å². The first-order chi connectivity index (χ1) is 10.6. The number of fused-ring (bicyclic) bond motifs is 1. The highest BCUT2D eigenvalue weighted by Gasteiger charge is 2.33. The molecule has 0 saturated carbocycles. The highest BCUT2D eigenvalue weighted by atomic mass is 16.5. The zero-order valence-electron chi connectivity index (χ0n) is 13.0. The van der Waals surface area contributed by atoms with Crippen LogP contribution in [-0.4, -0.2) is 30.4 Å². The molecule has 0 atom stereocenters. The molecule has 4 heteroatoms. The SMILES string of the molecule is CCOC(=O)/C=C/c1ccc2ccn(CC3(C)COC3)c2c1. The van der Waals surface area contributed by atoms with Crippen molar-refractivity contribution < 1.29 is 14.3 Å². The number of nitrogens with zero attached hydrogens (tertiary/aromatic N) is 1. The molecule has 0 aliphatic carbocycles. The van der Waals surface area contributed by atoms with Gasteiger partial charge in [-0.3, -0.25) is 0 Å². The molecular weight excluding hydrogens is 278 g/mol. The third-order valence-corrected chi connectivity index (χ3v) is 3.95. The molecule has 1 aromatic carbocycles. The largest absolute Gasteiger partial charge is 0.463 e. The van der Waals surface area contributed by atoms with Gasteiger partial charge in [-0.05, 0) is 36.1 Å². The molecule has 0 unspecified atom stereocenters. The molecule has 1 aromatic heterocycles. The molecule has 1 fully saturated rings. The minimum Gasteiger partial charge on any atom is -0.463 e. The van der Waals surface area contributed by atoms with Gasteiger partial charge in [0.25, 0.3) is 0 Å². The van der Waals surface area contributed by atoms with Crippen LogP contribution in [0.25, 0.3) is 17.0 Å². The number of hydrogen-bond donors (Lipinski definition) is 0. The third kappa shape index (κ3) is 3.07. The fraction of sp³-hybridized carbons (Fsp3) is 0.389. The van der Waals surface area contributed by atoms with Crippen molar-refractivity contribution >= 4 is 22.9 Å². The molecular formula is C18H21NO3. The Bertz CT molecular complexity index is 710. The number of esters is 1. The maximum absolute atomic E-state index is 11.4. The molecule has 2 aromatic rings. The lowest BCUT2D eigenvalue weighted by atomic mass is 9.88. The first kappa shape index (κ1) is 14.9. The Morgan fingerprint density at radius 1 is 1.41 bits per heavy atom. The molecule has 0 amide bonds. The first-order valence-electron chi connectivity index (χ1n) is 7.61. The summed E-state index contributed by atoms with van der Waals surface area (Å²) in [7, 11) is 0. The number of ether oxygens (including phenoxy) is 2. The van der Waals surface area contributed by atoms with E-state index in [2.05, 4.69) is 35.9 Å². The van der Waals surface area contributed by atoms with Crippen LogP contribution < -0.4 is 0 Å². The molecule has 0 bridgehead atoms. The molecule has 0 spiro atoms. The smallest absolute Gasteiger partial charge is 0.330 e. The average molecular weight is 299 g/mol. The van der Waals surface area contributed by atoms with E-state index in [1.807, 2.05) is 6.07 Å². The van der Waals surface area contributed by atoms with Gasteiger partial charge >= 0.3 is 5.97 Å². The Labute approximate surface area is 130 Å². The van der Waals surface area contributed by atoms with Crippen LogP contribution in [0.3, 0.4) is 0 Å². The summed E-state index contributed by atoms with van der Waals surface area (Å²) in [5.74, 6) is -0.308. The van der Waals surface area contributed by atoms with E-state index in [4.69, 9.17) is 9.47 Å². The van der Waals surface area contributed by atoms with E-state index in [0.29, 0.717) is 6.61 Å². The lowest BCUT2D eigenvalue weighted by molar-refractivity contribution is -0.137.